The highest BCUT2D eigenvalue weighted by molar-refractivity contribution is 7.09. The lowest BCUT2D eigenvalue weighted by molar-refractivity contribution is 0.0951. The minimum Gasteiger partial charge on any atom is -0.370 e. The van der Waals surface area contributed by atoms with E-state index in [0.29, 0.717) is 12.1 Å². The molecule has 2 aromatic heterocycles. The van der Waals surface area contributed by atoms with Gasteiger partial charge >= 0.3 is 0 Å². The van der Waals surface area contributed by atoms with Crippen LogP contribution in [0, 0.1) is 0 Å². The maximum Gasteiger partial charge on any atom is 0.251 e. The number of amides is 1. The molecule has 0 aliphatic carbocycles. The number of carbonyl (C=O) groups excluding carboxylic acids is 1. The van der Waals surface area contributed by atoms with Crippen LogP contribution in [0.25, 0.3) is 0 Å². The van der Waals surface area contributed by atoms with Gasteiger partial charge in [0, 0.05) is 42.3 Å². The summed E-state index contributed by atoms with van der Waals surface area (Å²) in [6.45, 7) is 5.56. The lowest BCUT2D eigenvalue weighted by Gasteiger charge is -2.11. The summed E-state index contributed by atoms with van der Waals surface area (Å²) in [6, 6.07) is 3.50. The largest absolute Gasteiger partial charge is 0.370 e. The van der Waals surface area contributed by atoms with Crippen LogP contribution >= 0.6 is 11.3 Å². The Bertz CT molecular complexity index is 571. The predicted octanol–water partition coefficient (Wildman–Crippen LogP) is 2.89. The van der Waals surface area contributed by atoms with Gasteiger partial charge < -0.3 is 10.6 Å². The molecule has 112 valence electrons. The van der Waals surface area contributed by atoms with Crippen LogP contribution in [-0.4, -0.2) is 29.0 Å². The number of nitrogens with one attached hydrogen (secondary N) is 2. The number of carbonyl (C=O) groups is 1. The average molecular weight is 304 g/mol. The third-order valence-electron chi connectivity index (χ3n) is 3.02. The number of hydrogen-bond acceptors (Lipinski definition) is 5. The van der Waals surface area contributed by atoms with Gasteiger partial charge in [0.05, 0.1) is 5.01 Å². The highest BCUT2D eigenvalue weighted by atomic mass is 32.1. The molecule has 0 saturated heterocycles. The number of pyridine rings is 1. The molecular weight excluding hydrogens is 284 g/mol. The molecule has 2 heterocycles. The van der Waals surface area contributed by atoms with E-state index in [4.69, 9.17) is 0 Å². The van der Waals surface area contributed by atoms with E-state index in [1.54, 1.807) is 35.9 Å². The number of aromatic nitrogens is 2. The highest BCUT2D eigenvalue weighted by Gasteiger charge is 2.11. The molecule has 5 nitrogen and oxygen atoms in total. The molecule has 1 amide bonds. The average Bonchev–Trinajstić information content (AvgIpc) is 3.05. The number of nitrogens with zero attached hydrogens (tertiary/aromatic N) is 2. The van der Waals surface area contributed by atoms with Crippen LogP contribution < -0.4 is 10.6 Å². The van der Waals surface area contributed by atoms with Crippen LogP contribution in [-0.2, 0) is 0 Å². The Morgan fingerprint density at radius 2 is 2.24 bits per heavy atom. The van der Waals surface area contributed by atoms with Gasteiger partial charge in [-0.05, 0) is 18.6 Å². The van der Waals surface area contributed by atoms with E-state index in [1.807, 2.05) is 5.38 Å². The van der Waals surface area contributed by atoms with E-state index >= 15 is 0 Å². The Kier molecular flexibility index (Phi) is 5.68. The third-order valence-corrected chi connectivity index (χ3v) is 4.03. The van der Waals surface area contributed by atoms with Crippen molar-refractivity contribution in [3.05, 3.63) is 40.5 Å². The number of thiazole rings is 1. The van der Waals surface area contributed by atoms with Crippen LogP contribution in [0.15, 0.2) is 29.9 Å². The lowest BCUT2D eigenvalue weighted by atomic mass is 10.2. The molecule has 1 atom stereocenters. The molecule has 0 aromatic carbocycles. The summed E-state index contributed by atoms with van der Waals surface area (Å²) in [5.41, 5.74) is 0.620. The SMILES string of the molecule is CCCNc1cc(C(=O)NCC(C)c2nccs2)ccn1. The van der Waals surface area contributed by atoms with Gasteiger partial charge in [0.2, 0.25) is 0 Å². The molecule has 2 rings (SSSR count). The van der Waals surface area contributed by atoms with Gasteiger partial charge in [-0.25, -0.2) is 9.97 Å². The van der Waals surface area contributed by atoms with Gasteiger partial charge in [-0.3, -0.25) is 4.79 Å². The second-order valence-electron chi connectivity index (χ2n) is 4.84. The monoisotopic (exact) mass is 304 g/mol. The zero-order valence-corrected chi connectivity index (χ0v) is 13.1. The van der Waals surface area contributed by atoms with Crippen molar-refractivity contribution in [2.75, 3.05) is 18.4 Å². The Morgan fingerprint density at radius 1 is 1.38 bits per heavy atom. The first-order valence-electron chi connectivity index (χ1n) is 7.08. The minimum atomic E-state index is -0.0830. The number of hydrogen-bond donors (Lipinski definition) is 2. The first-order valence-corrected chi connectivity index (χ1v) is 7.96. The summed E-state index contributed by atoms with van der Waals surface area (Å²) in [5.74, 6) is 0.867. The fraction of sp³-hybridized carbons (Fsp3) is 0.400. The molecule has 0 spiro atoms. The fourth-order valence-corrected chi connectivity index (χ4v) is 2.53. The first kappa shape index (κ1) is 15.4. The predicted molar refractivity (Wildman–Crippen MR) is 85.9 cm³/mol. The van der Waals surface area contributed by atoms with Gasteiger partial charge in [-0.15, -0.1) is 11.3 Å². The van der Waals surface area contributed by atoms with Gasteiger partial charge in [0.15, 0.2) is 0 Å². The van der Waals surface area contributed by atoms with Crippen LogP contribution in [0.1, 0.15) is 41.6 Å². The van der Waals surface area contributed by atoms with Crippen molar-refractivity contribution in [3.63, 3.8) is 0 Å². The van der Waals surface area contributed by atoms with Gasteiger partial charge in [0.25, 0.3) is 5.91 Å². The molecule has 2 N–H and O–H groups in total. The molecule has 0 saturated carbocycles. The van der Waals surface area contributed by atoms with Crippen molar-refractivity contribution >= 4 is 23.1 Å². The fourth-order valence-electron chi connectivity index (χ4n) is 1.83. The summed E-state index contributed by atoms with van der Waals surface area (Å²) in [7, 11) is 0. The van der Waals surface area contributed by atoms with E-state index in [-0.39, 0.29) is 11.8 Å². The summed E-state index contributed by atoms with van der Waals surface area (Å²) in [5, 5.41) is 9.10. The lowest BCUT2D eigenvalue weighted by Crippen LogP contribution is -2.27. The van der Waals surface area contributed by atoms with Crippen LogP contribution in [0.5, 0.6) is 0 Å². The zero-order valence-electron chi connectivity index (χ0n) is 12.3. The van der Waals surface area contributed by atoms with E-state index in [2.05, 4.69) is 34.4 Å². The van der Waals surface area contributed by atoms with Crippen molar-refractivity contribution < 1.29 is 4.79 Å². The second kappa shape index (κ2) is 7.73. The summed E-state index contributed by atoms with van der Waals surface area (Å²) in [4.78, 5) is 20.6. The molecule has 0 aliphatic rings. The Morgan fingerprint density at radius 3 is 2.95 bits per heavy atom. The minimum absolute atomic E-state index is 0.0830. The standard InChI is InChI=1S/C15H20N4OS/c1-3-5-16-13-9-12(4-6-17-13)14(20)19-10-11(2)15-18-7-8-21-15/h4,6-9,11H,3,5,10H2,1-2H3,(H,16,17)(H,19,20). The molecule has 2 aromatic rings. The van der Waals surface area contributed by atoms with Crippen molar-refractivity contribution in [1.82, 2.24) is 15.3 Å². The first-order chi connectivity index (χ1) is 10.2. The smallest absolute Gasteiger partial charge is 0.251 e. The van der Waals surface area contributed by atoms with Gasteiger partial charge in [-0.1, -0.05) is 13.8 Å². The summed E-state index contributed by atoms with van der Waals surface area (Å²) < 4.78 is 0. The number of rotatable bonds is 7. The second-order valence-corrected chi connectivity index (χ2v) is 5.76. The number of anilines is 1. The van der Waals surface area contributed by atoms with Crippen molar-refractivity contribution in [2.24, 2.45) is 0 Å². The van der Waals surface area contributed by atoms with Crippen molar-refractivity contribution in [3.8, 4) is 0 Å². The molecule has 1 unspecified atom stereocenters. The Balaban J connectivity index is 1.91. The quantitative estimate of drug-likeness (QED) is 0.825. The molecular formula is C15H20N4OS. The van der Waals surface area contributed by atoms with E-state index in [0.717, 1.165) is 23.8 Å². The Labute approximate surface area is 128 Å². The molecule has 6 heteroatoms. The van der Waals surface area contributed by atoms with E-state index in [1.165, 1.54) is 0 Å². The molecule has 21 heavy (non-hydrogen) atoms. The van der Waals surface area contributed by atoms with E-state index < -0.39 is 0 Å². The summed E-state index contributed by atoms with van der Waals surface area (Å²) >= 11 is 1.61. The van der Waals surface area contributed by atoms with E-state index in [9.17, 15) is 4.79 Å². The Hall–Kier alpha value is -1.95. The summed E-state index contributed by atoms with van der Waals surface area (Å²) in [6.07, 6.45) is 4.45. The van der Waals surface area contributed by atoms with Gasteiger partial charge in [0.1, 0.15) is 5.82 Å². The zero-order chi connectivity index (χ0) is 15.1. The normalized spacial score (nSPS) is 11.9. The van der Waals surface area contributed by atoms with Crippen molar-refractivity contribution in [2.45, 2.75) is 26.2 Å². The molecule has 0 fully saturated rings. The van der Waals surface area contributed by atoms with Gasteiger partial charge in [-0.2, -0.15) is 0 Å². The maximum absolute atomic E-state index is 12.2. The third kappa shape index (κ3) is 4.53. The topological polar surface area (TPSA) is 66.9 Å². The molecule has 0 radical (unpaired) electrons. The van der Waals surface area contributed by atoms with Crippen molar-refractivity contribution in [1.29, 1.82) is 0 Å². The van der Waals surface area contributed by atoms with Crippen LogP contribution in [0.3, 0.4) is 0 Å². The molecule has 0 bridgehead atoms. The molecule has 0 aliphatic heterocycles. The maximum atomic E-state index is 12.2. The van der Waals surface area contributed by atoms with Crippen LogP contribution in [0.2, 0.25) is 0 Å². The van der Waals surface area contributed by atoms with Crippen LogP contribution in [0.4, 0.5) is 5.82 Å². The highest BCUT2D eigenvalue weighted by Crippen LogP contribution is 2.16.